The Morgan fingerprint density at radius 1 is 1.19 bits per heavy atom. The minimum atomic E-state index is -0.139. The molecule has 2 bridgehead atoms. The minimum absolute atomic E-state index is 0.0738. The minimum Gasteiger partial charge on any atom is -0.377 e. The van der Waals surface area contributed by atoms with Crippen LogP contribution in [0.15, 0.2) is 12.2 Å². The molecule has 3 aliphatic carbocycles. The van der Waals surface area contributed by atoms with Gasteiger partial charge in [-0.05, 0) is 30.1 Å². The molecule has 1 heterocycles. The number of amides is 2. The number of carbonyl (C=O) groups excluding carboxylic acids is 1. The van der Waals surface area contributed by atoms with E-state index in [9.17, 15) is 4.79 Å². The van der Waals surface area contributed by atoms with Crippen molar-refractivity contribution in [2.24, 2.45) is 17.3 Å². The Balaban J connectivity index is 1.50. The smallest absolute Gasteiger partial charge is 0.315 e. The van der Waals surface area contributed by atoms with E-state index in [2.05, 4.69) is 31.1 Å². The summed E-state index contributed by atoms with van der Waals surface area (Å²) in [6.07, 6.45) is 2.24. The zero-order valence-electron chi connectivity index (χ0n) is 13.0. The lowest BCUT2D eigenvalue weighted by Crippen LogP contribution is -2.59. The van der Waals surface area contributed by atoms with Crippen molar-refractivity contribution >= 4 is 6.03 Å². The molecule has 4 rings (SSSR count). The SMILES string of the molecule is C=C1C(NC(=O)NC2COCCOC2)C[C@H]2C[C@@H]1C2(C)C. The van der Waals surface area contributed by atoms with E-state index in [1.54, 1.807) is 0 Å². The summed E-state index contributed by atoms with van der Waals surface area (Å²) < 4.78 is 10.8. The van der Waals surface area contributed by atoms with Gasteiger partial charge in [0, 0.05) is 0 Å². The number of hydrogen-bond acceptors (Lipinski definition) is 3. The molecule has 1 unspecified atom stereocenters. The van der Waals surface area contributed by atoms with E-state index in [4.69, 9.17) is 9.47 Å². The van der Waals surface area contributed by atoms with Crippen molar-refractivity contribution in [3.63, 3.8) is 0 Å². The maximum Gasteiger partial charge on any atom is 0.315 e. The molecular weight excluding hydrogens is 268 g/mol. The van der Waals surface area contributed by atoms with Crippen molar-refractivity contribution in [1.82, 2.24) is 10.6 Å². The van der Waals surface area contributed by atoms with E-state index < -0.39 is 0 Å². The van der Waals surface area contributed by atoms with Crippen molar-refractivity contribution in [3.05, 3.63) is 12.2 Å². The monoisotopic (exact) mass is 294 g/mol. The third-order valence-corrected chi connectivity index (χ3v) is 5.54. The first kappa shape index (κ1) is 14.9. The van der Waals surface area contributed by atoms with Gasteiger partial charge >= 0.3 is 6.03 Å². The van der Waals surface area contributed by atoms with Crippen molar-refractivity contribution in [2.75, 3.05) is 26.4 Å². The van der Waals surface area contributed by atoms with Gasteiger partial charge in [0.15, 0.2) is 0 Å². The summed E-state index contributed by atoms with van der Waals surface area (Å²) in [7, 11) is 0. The van der Waals surface area contributed by atoms with Crippen molar-refractivity contribution in [2.45, 2.75) is 38.8 Å². The summed E-state index contributed by atoms with van der Waals surface area (Å²) in [5.41, 5.74) is 1.54. The summed E-state index contributed by atoms with van der Waals surface area (Å²) >= 11 is 0. The Labute approximate surface area is 126 Å². The fourth-order valence-corrected chi connectivity index (χ4v) is 3.96. The lowest BCUT2D eigenvalue weighted by molar-refractivity contribution is -0.0369. The Morgan fingerprint density at radius 2 is 1.86 bits per heavy atom. The van der Waals surface area contributed by atoms with Crippen LogP contribution in [0.3, 0.4) is 0 Å². The van der Waals surface area contributed by atoms with E-state index in [1.807, 2.05) is 0 Å². The number of fused-ring (bicyclic) bond motifs is 2. The first-order valence-electron chi connectivity index (χ1n) is 7.89. The van der Waals surface area contributed by atoms with Crippen LogP contribution in [-0.2, 0) is 9.47 Å². The van der Waals surface area contributed by atoms with Gasteiger partial charge in [0.05, 0.1) is 38.5 Å². The topological polar surface area (TPSA) is 59.6 Å². The highest BCUT2D eigenvalue weighted by atomic mass is 16.5. The second kappa shape index (κ2) is 5.61. The van der Waals surface area contributed by atoms with Crippen molar-refractivity contribution in [3.8, 4) is 0 Å². The maximum atomic E-state index is 12.1. The molecule has 0 aromatic rings. The quantitative estimate of drug-likeness (QED) is 0.762. The van der Waals surface area contributed by atoms with Crippen LogP contribution in [0, 0.1) is 17.3 Å². The van der Waals surface area contributed by atoms with Crippen LogP contribution >= 0.6 is 0 Å². The van der Waals surface area contributed by atoms with Gasteiger partial charge in [-0.3, -0.25) is 0 Å². The predicted molar refractivity (Wildman–Crippen MR) is 80.0 cm³/mol. The molecule has 21 heavy (non-hydrogen) atoms. The second-order valence-electron chi connectivity index (χ2n) is 7.13. The Kier molecular flexibility index (Phi) is 3.97. The van der Waals surface area contributed by atoms with Gasteiger partial charge in [0.25, 0.3) is 0 Å². The van der Waals surface area contributed by atoms with Crippen LogP contribution in [0.25, 0.3) is 0 Å². The normalized spacial score (nSPS) is 35.5. The van der Waals surface area contributed by atoms with Crippen LogP contribution < -0.4 is 10.6 Å². The number of rotatable bonds is 2. The largest absolute Gasteiger partial charge is 0.377 e. The van der Waals surface area contributed by atoms with Crippen LogP contribution in [0.1, 0.15) is 26.7 Å². The zero-order chi connectivity index (χ0) is 15.0. The van der Waals surface area contributed by atoms with E-state index >= 15 is 0 Å². The molecule has 4 aliphatic rings. The van der Waals surface area contributed by atoms with Crippen molar-refractivity contribution < 1.29 is 14.3 Å². The average molecular weight is 294 g/mol. The molecule has 2 amide bonds. The highest BCUT2D eigenvalue weighted by Gasteiger charge is 2.54. The predicted octanol–water partition coefficient (Wildman–Crippen LogP) is 1.69. The molecular formula is C16H26N2O3. The van der Waals surface area contributed by atoms with E-state index in [0.717, 1.165) is 6.42 Å². The van der Waals surface area contributed by atoms with Gasteiger partial charge in [-0.15, -0.1) is 0 Å². The third kappa shape index (κ3) is 2.81. The summed E-state index contributed by atoms with van der Waals surface area (Å²) in [6.45, 7) is 11.1. The first-order chi connectivity index (χ1) is 9.98. The van der Waals surface area contributed by atoms with Crippen LogP contribution in [0.4, 0.5) is 4.79 Å². The van der Waals surface area contributed by atoms with Crippen molar-refractivity contribution in [1.29, 1.82) is 0 Å². The third-order valence-electron chi connectivity index (χ3n) is 5.54. The zero-order valence-corrected chi connectivity index (χ0v) is 13.0. The number of hydrogen-bond donors (Lipinski definition) is 2. The summed E-state index contributed by atoms with van der Waals surface area (Å²) in [6, 6.07) is -0.107. The molecule has 3 saturated carbocycles. The molecule has 5 heteroatoms. The van der Waals surface area contributed by atoms with Crippen LogP contribution in [0.2, 0.25) is 0 Å². The number of ether oxygens (including phenoxy) is 2. The lowest BCUT2D eigenvalue weighted by Gasteiger charge is -2.59. The van der Waals surface area contributed by atoms with Gasteiger partial charge in [-0.25, -0.2) is 4.79 Å². The lowest BCUT2D eigenvalue weighted by atomic mass is 9.46. The van der Waals surface area contributed by atoms with Crippen LogP contribution in [0.5, 0.6) is 0 Å². The van der Waals surface area contributed by atoms with Gasteiger partial charge < -0.3 is 20.1 Å². The second-order valence-corrected chi connectivity index (χ2v) is 7.13. The Morgan fingerprint density at radius 3 is 2.43 bits per heavy atom. The molecule has 5 nitrogen and oxygen atoms in total. The molecule has 3 atom stereocenters. The molecule has 2 N–H and O–H groups in total. The van der Waals surface area contributed by atoms with E-state index in [0.29, 0.717) is 43.7 Å². The molecule has 4 fully saturated rings. The standard InChI is InChI=1S/C16H26N2O3/c1-10-13-6-11(16(13,2)3)7-14(10)18-15(19)17-12-8-20-4-5-21-9-12/h11-14H,1,4-9H2,2-3H3,(H2,17,18,19)/t11-,13+,14?/m1/s1. The highest BCUT2D eigenvalue weighted by molar-refractivity contribution is 5.75. The van der Waals surface area contributed by atoms with Gasteiger partial charge in [-0.2, -0.15) is 0 Å². The maximum absolute atomic E-state index is 12.1. The Bertz CT molecular complexity index is 427. The Hall–Kier alpha value is -1.07. The molecule has 0 aromatic heterocycles. The summed E-state index contributed by atoms with van der Waals surface area (Å²) in [4.78, 5) is 12.1. The number of urea groups is 1. The van der Waals surface area contributed by atoms with Crippen LogP contribution in [-0.4, -0.2) is 44.5 Å². The molecule has 1 saturated heterocycles. The summed E-state index contributed by atoms with van der Waals surface area (Å²) in [5.74, 6) is 1.24. The van der Waals surface area contributed by atoms with Gasteiger partial charge in [0.1, 0.15) is 0 Å². The first-order valence-corrected chi connectivity index (χ1v) is 7.89. The fourth-order valence-electron chi connectivity index (χ4n) is 3.96. The van der Waals surface area contributed by atoms with E-state index in [1.165, 1.54) is 12.0 Å². The van der Waals surface area contributed by atoms with E-state index in [-0.39, 0.29) is 18.1 Å². The summed E-state index contributed by atoms with van der Waals surface area (Å²) in [5, 5.41) is 6.01. The fraction of sp³-hybridized carbons (Fsp3) is 0.812. The molecule has 0 spiro atoms. The molecule has 0 aromatic carbocycles. The van der Waals surface area contributed by atoms with Gasteiger partial charge in [-0.1, -0.05) is 26.0 Å². The number of carbonyl (C=O) groups is 1. The van der Waals surface area contributed by atoms with Gasteiger partial charge in [0.2, 0.25) is 0 Å². The molecule has 118 valence electrons. The average Bonchev–Trinajstić information content (AvgIpc) is 2.69. The highest BCUT2D eigenvalue weighted by Crippen LogP contribution is 2.60. The molecule has 0 radical (unpaired) electrons. The number of nitrogens with one attached hydrogen (secondary N) is 2. The molecule has 1 aliphatic heterocycles.